The lowest BCUT2D eigenvalue weighted by Crippen LogP contribution is -2.38. The first-order valence-corrected chi connectivity index (χ1v) is 13.8. The topological polar surface area (TPSA) is 75.7 Å². The number of anilines is 2. The second kappa shape index (κ2) is 11.8. The van der Waals surface area contributed by atoms with E-state index in [0.717, 1.165) is 17.7 Å². The zero-order valence-electron chi connectivity index (χ0n) is 20.7. The summed E-state index contributed by atoms with van der Waals surface area (Å²) in [5, 5.41) is 2.20. The highest BCUT2D eigenvalue weighted by molar-refractivity contribution is 7.92. The highest BCUT2D eigenvalue weighted by Gasteiger charge is 2.35. The molecule has 0 aliphatic heterocycles. The third-order valence-corrected chi connectivity index (χ3v) is 7.98. The molecule has 0 saturated heterocycles. The molecule has 4 rings (SSSR count). The number of carbonyl (C=O) groups is 1. The van der Waals surface area contributed by atoms with Gasteiger partial charge in [0.15, 0.2) is 5.75 Å². The molecule has 0 saturated carbocycles. The van der Waals surface area contributed by atoms with Crippen LogP contribution in [0.3, 0.4) is 0 Å². The lowest BCUT2D eigenvalue weighted by molar-refractivity contribution is -0.137. The van der Waals surface area contributed by atoms with E-state index in [4.69, 9.17) is 27.9 Å². The van der Waals surface area contributed by atoms with Crippen molar-refractivity contribution in [1.82, 2.24) is 0 Å². The third kappa shape index (κ3) is 6.88. The van der Waals surface area contributed by atoms with Crippen LogP contribution in [0, 0.1) is 6.92 Å². The van der Waals surface area contributed by atoms with Crippen molar-refractivity contribution >= 4 is 50.5 Å². The number of nitrogens with zero attached hydrogens (tertiary/aromatic N) is 1. The fraction of sp³-hybridized carbons (Fsp3) is 0.107. The smallest absolute Gasteiger partial charge is 0.417 e. The Balaban J connectivity index is 1.71. The highest BCUT2D eigenvalue weighted by Crippen LogP contribution is 2.38. The monoisotopic (exact) mass is 608 g/mol. The van der Waals surface area contributed by atoms with Gasteiger partial charge in [-0.3, -0.25) is 9.10 Å². The Labute approximate surface area is 239 Å². The van der Waals surface area contributed by atoms with E-state index >= 15 is 0 Å². The summed E-state index contributed by atoms with van der Waals surface area (Å²) in [4.78, 5) is 13.0. The zero-order valence-corrected chi connectivity index (χ0v) is 23.1. The average Bonchev–Trinajstić information content (AvgIpc) is 2.89. The minimum absolute atomic E-state index is 0.126. The molecule has 208 valence electrons. The van der Waals surface area contributed by atoms with Crippen LogP contribution < -0.4 is 14.4 Å². The SMILES string of the molecule is Cc1ccc(S(=O)(=O)N(CC(=O)Nc2cc(Cl)ccc2Oc2ccccc2)c2ccc(Cl)c(C(F)(F)F)c2)cc1. The van der Waals surface area contributed by atoms with Crippen LogP contribution in [0.2, 0.25) is 10.0 Å². The number of benzene rings is 4. The predicted molar refractivity (Wildman–Crippen MR) is 149 cm³/mol. The van der Waals surface area contributed by atoms with Gasteiger partial charge in [0.05, 0.1) is 26.9 Å². The number of halogens is 5. The zero-order chi connectivity index (χ0) is 29.1. The molecule has 0 radical (unpaired) electrons. The predicted octanol–water partition coefficient (Wildman–Crippen LogP) is 7.95. The molecule has 4 aromatic rings. The average molecular weight is 609 g/mol. The number of ether oxygens (including phenoxy) is 1. The van der Waals surface area contributed by atoms with Crippen LogP contribution in [-0.4, -0.2) is 20.9 Å². The first kappa shape index (κ1) is 29.3. The van der Waals surface area contributed by atoms with Gasteiger partial charge < -0.3 is 10.1 Å². The molecule has 6 nitrogen and oxygen atoms in total. The van der Waals surface area contributed by atoms with Gasteiger partial charge in [0, 0.05) is 5.02 Å². The third-order valence-electron chi connectivity index (χ3n) is 5.63. The fourth-order valence-corrected chi connectivity index (χ4v) is 5.47. The summed E-state index contributed by atoms with van der Waals surface area (Å²) in [5.74, 6) is -0.188. The van der Waals surface area contributed by atoms with E-state index in [2.05, 4.69) is 5.32 Å². The summed E-state index contributed by atoms with van der Waals surface area (Å²) in [6.07, 6.45) is -4.86. The van der Waals surface area contributed by atoms with Crippen LogP contribution in [0.25, 0.3) is 0 Å². The summed E-state index contributed by atoms with van der Waals surface area (Å²) in [5.41, 5.74) is -0.758. The Morgan fingerprint density at radius 3 is 2.25 bits per heavy atom. The second-order valence-electron chi connectivity index (χ2n) is 8.59. The number of amides is 1. The number of hydrogen-bond donors (Lipinski definition) is 1. The normalized spacial score (nSPS) is 11.7. The molecule has 0 spiro atoms. The van der Waals surface area contributed by atoms with Crippen molar-refractivity contribution < 1.29 is 31.1 Å². The van der Waals surface area contributed by atoms with Crippen LogP contribution in [-0.2, 0) is 21.0 Å². The molecule has 0 unspecified atom stereocenters. The Bertz CT molecular complexity index is 1630. The number of hydrogen-bond acceptors (Lipinski definition) is 4. The first-order valence-electron chi connectivity index (χ1n) is 11.6. The quantitative estimate of drug-likeness (QED) is 0.220. The van der Waals surface area contributed by atoms with E-state index in [1.165, 1.54) is 42.5 Å². The number of rotatable bonds is 8. The largest absolute Gasteiger partial charge is 0.455 e. The van der Waals surface area contributed by atoms with Crippen LogP contribution in [0.15, 0.2) is 95.9 Å². The maximum atomic E-state index is 13.6. The van der Waals surface area contributed by atoms with E-state index in [1.807, 2.05) is 0 Å². The first-order chi connectivity index (χ1) is 18.8. The summed E-state index contributed by atoms with van der Waals surface area (Å²) < 4.78 is 74.5. The minimum atomic E-state index is -4.86. The Hall–Kier alpha value is -3.73. The number of alkyl halides is 3. The lowest BCUT2D eigenvalue weighted by atomic mass is 10.2. The van der Waals surface area contributed by atoms with Crippen LogP contribution >= 0.6 is 23.2 Å². The molecule has 40 heavy (non-hydrogen) atoms. The molecule has 0 bridgehead atoms. The molecular weight excluding hydrogens is 588 g/mol. The molecule has 4 aromatic carbocycles. The summed E-state index contributed by atoms with van der Waals surface area (Å²) in [7, 11) is -4.50. The van der Waals surface area contributed by atoms with Gasteiger partial charge >= 0.3 is 6.18 Å². The van der Waals surface area contributed by atoms with Crippen molar-refractivity contribution in [2.24, 2.45) is 0 Å². The van der Waals surface area contributed by atoms with Gasteiger partial charge in [-0.05, 0) is 67.6 Å². The van der Waals surface area contributed by atoms with Crippen molar-refractivity contribution in [3.05, 3.63) is 112 Å². The Morgan fingerprint density at radius 2 is 1.60 bits per heavy atom. The van der Waals surface area contributed by atoms with Gasteiger partial charge in [0.2, 0.25) is 5.91 Å². The highest BCUT2D eigenvalue weighted by atomic mass is 35.5. The van der Waals surface area contributed by atoms with Gasteiger partial charge in [0.25, 0.3) is 10.0 Å². The molecule has 0 aromatic heterocycles. The summed E-state index contributed by atoms with van der Waals surface area (Å²) in [6, 6.07) is 21.4. The van der Waals surface area contributed by atoms with E-state index in [9.17, 15) is 26.4 Å². The number of carbonyl (C=O) groups excluding carboxylic acids is 1. The Kier molecular flexibility index (Phi) is 8.62. The van der Waals surface area contributed by atoms with E-state index in [1.54, 1.807) is 37.3 Å². The second-order valence-corrected chi connectivity index (χ2v) is 11.3. The molecule has 0 aliphatic carbocycles. The maximum absolute atomic E-state index is 13.6. The fourth-order valence-electron chi connectivity index (χ4n) is 3.66. The van der Waals surface area contributed by atoms with Crippen LogP contribution in [0.4, 0.5) is 24.5 Å². The molecule has 12 heteroatoms. The van der Waals surface area contributed by atoms with Crippen molar-refractivity contribution in [1.29, 1.82) is 0 Å². The van der Waals surface area contributed by atoms with E-state index < -0.39 is 44.9 Å². The van der Waals surface area contributed by atoms with E-state index in [-0.39, 0.29) is 21.4 Å². The number of nitrogens with one attached hydrogen (secondary N) is 1. The number of aryl methyl sites for hydroxylation is 1. The van der Waals surface area contributed by atoms with Crippen molar-refractivity contribution in [3.8, 4) is 11.5 Å². The lowest BCUT2D eigenvalue weighted by Gasteiger charge is -2.25. The minimum Gasteiger partial charge on any atom is -0.455 e. The molecule has 1 amide bonds. The molecule has 1 N–H and O–H groups in total. The van der Waals surface area contributed by atoms with Crippen LogP contribution in [0.5, 0.6) is 11.5 Å². The van der Waals surface area contributed by atoms with Crippen molar-refractivity contribution in [2.75, 3.05) is 16.2 Å². The number of sulfonamides is 1. The van der Waals surface area contributed by atoms with Gasteiger partial charge in [0.1, 0.15) is 12.3 Å². The Morgan fingerprint density at radius 1 is 0.925 bits per heavy atom. The summed E-state index contributed by atoms with van der Waals surface area (Å²) >= 11 is 11.9. The molecule has 0 aliphatic rings. The van der Waals surface area contributed by atoms with Gasteiger partial charge in [-0.15, -0.1) is 0 Å². The van der Waals surface area contributed by atoms with Crippen LogP contribution in [0.1, 0.15) is 11.1 Å². The maximum Gasteiger partial charge on any atom is 0.417 e. The number of para-hydroxylation sites is 1. The van der Waals surface area contributed by atoms with Gasteiger partial charge in [-0.25, -0.2) is 8.42 Å². The van der Waals surface area contributed by atoms with Crippen molar-refractivity contribution in [2.45, 2.75) is 18.0 Å². The van der Waals surface area contributed by atoms with Gasteiger partial charge in [-0.1, -0.05) is 59.1 Å². The molecule has 0 atom stereocenters. The van der Waals surface area contributed by atoms with Gasteiger partial charge in [-0.2, -0.15) is 13.2 Å². The van der Waals surface area contributed by atoms with E-state index in [0.29, 0.717) is 16.1 Å². The molecule has 0 fully saturated rings. The summed E-state index contributed by atoms with van der Waals surface area (Å²) in [6.45, 7) is 0.878. The molecule has 0 heterocycles. The standard InChI is InChI=1S/C28H21Cl2F3N2O4S/c1-18-7-11-22(12-8-18)40(37,38)35(20-10-13-24(30)23(16-20)28(31,32)33)17-27(36)34-25-15-19(29)9-14-26(25)39-21-5-3-2-4-6-21/h2-16H,17H2,1H3,(H,34,36). The van der Waals surface area contributed by atoms with Crippen molar-refractivity contribution in [3.63, 3.8) is 0 Å². The molecular formula is C28H21Cl2F3N2O4S.